The molecular weight excluding hydrogens is 200 g/mol. The summed E-state index contributed by atoms with van der Waals surface area (Å²) in [5.74, 6) is -3.28. The zero-order valence-corrected chi connectivity index (χ0v) is 8.80. The summed E-state index contributed by atoms with van der Waals surface area (Å²) in [6.07, 6.45) is 0. The molecule has 0 unspecified atom stereocenters. The Bertz CT molecular complexity index is 352. The quantitative estimate of drug-likeness (QED) is 0.809. The zero-order chi connectivity index (χ0) is 11.6. The van der Waals surface area contributed by atoms with Crippen LogP contribution in [0, 0.1) is 13.8 Å². The van der Waals surface area contributed by atoms with Gasteiger partial charge in [0.25, 0.3) is 5.92 Å². The molecule has 1 aromatic carbocycles. The summed E-state index contributed by atoms with van der Waals surface area (Å²) < 4.78 is 26.2. The maximum Gasteiger partial charge on any atom is 0.289 e. The van der Waals surface area contributed by atoms with Crippen LogP contribution >= 0.6 is 0 Å². The molecule has 0 spiro atoms. The average molecular weight is 215 g/mol. The summed E-state index contributed by atoms with van der Waals surface area (Å²) >= 11 is 0. The van der Waals surface area contributed by atoms with E-state index in [9.17, 15) is 8.78 Å². The molecule has 0 radical (unpaired) electrons. The standard InChI is InChI=1S/C11H15F2NO/c1-7-3-4-9(5-8(7)2)10(14)11(12,13)6-15/h3-5,10,15H,6,14H2,1-2H3/t10-/m0/s1. The third-order valence-corrected chi connectivity index (χ3v) is 2.56. The van der Waals surface area contributed by atoms with Crippen LogP contribution in [-0.2, 0) is 0 Å². The molecule has 0 aromatic heterocycles. The molecule has 1 aromatic rings. The van der Waals surface area contributed by atoms with Crippen LogP contribution in [0.4, 0.5) is 8.78 Å². The van der Waals surface area contributed by atoms with Gasteiger partial charge in [-0.3, -0.25) is 0 Å². The Morgan fingerprint density at radius 1 is 1.33 bits per heavy atom. The minimum Gasteiger partial charge on any atom is -0.390 e. The summed E-state index contributed by atoms with van der Waals surface area (Å²) in [5, 5.41) is 8.52. The van der Waals surface area contributed by atoms with Crippen molar-refractivity contribution >= 4 is 0 Å². The topological polar surface area (TPSA) is 46.2 Å². The van der Waals surface area contributed by atoms with Crippen LogP contribution in [0.2, 0.25) is 0 Å². The molecule has 2 nitrogen and oxygen atoms in total. The molecular formula is C11H15F2NO. The lowest BCUT2D eigenvalue weighted by Crippen LogP contribution is -2.36. The Labute approximate surface area is 87.7 Å². The molecule has 0 bridgehead atoms. The van der Waals surface area contributed by atoms with Gasteiger partial charge in [-0.25, -0.2) is 8.78 Å². The lowest BCUT2D eigenvalue weighted by Gasteiger charge is -2.22. The molecule has 3 N–H and O–H groups in total. The van der Waals surface area contributed by atoms with Gasteiger partial charge < -0.3 is 10.8 Å². The maximum absolute atomic E-state index is 13.1. The minimum absolute atomic E-state index is 0.345. The number of nitrogens with two attached hydrogens (primary N) is 1. The molecule has 0 saturated carbocycles. The Morgan fingerprint density at radius 3 is 2.40 bits per heavy atom. The number of aliphatic hydroxyl groups is 1. The second-order valence-electron chi connectivity index (χ2n) is 3.74. The molecule has 0 aliphatic heterocycles. The van der Waals surface area contributed by atoms with Crippen LogP contribution in [0.25, 0.3) is 0 Å². The molecule has 4 heteroatoms. The molecule has 84 valence electrons. The Hall–Kier alpha value is -1.00. The van der Waals surface area contributed by atoms with Gasteiger partial charge in [0, 0.05) is 0 Å². The van der Waals surface area contributed by atoms with Crippen molar-refractivity contribution < 1.29 is 13.9 Å². The van der Waals surface area contributed by atoms with E-state index in [0.717, 1.165) is 11.1 Å². The summed E-state index contributed by atoms with van der Waals surface area (Å²) in [6, 6.07) is 3.49. The van der Waals surface area contributed by atoms with Gasteiger partial charge in [-0.15, -0.1) is 0 Å². The van der Waals surface area contributed by atoms with E-state index in [-0.39, 0.29) is 0 Å². The van der Waals surface area contributed by atoms with Crippen LogP contribution in [-0.4, -0.2) is 17.6 Å². The number of aliphatic hydroxyl groups excluding tert-OH is 1. The van der Waals surface area contributed by atoms with Crippen LogP contribution in [0.15, 0.2) is 18.2 Å². The molecule has 0 heterocycles. The zero-order valence-electron chi connectivity index (χ0n) is 8.80. The van der Waals surface area contributed by atoms with E-state index in [1.807, 2.05) is 13.8 Å². The number of hydrogen-bond acceptors (Lipinski definition) is 2. The average Bonchev–Trinajstić information content (AvgIpc) is 2.21. The Balaban J connectivity index is 3.02. The smallest absolute Gasteiger partial charge is 0.289 e. The van der Waals surface area contributed by atoms with Gasteiger partial charge in [0.05, 0.1) is 6.04 Å². The molecule has 0 fully saturated rings. The first kappa shape index (κ1) is 12.1. The van der Waals surface area contributed by atoms with Crippen molar-refractivity contribution in [2.24, 2.45) is 5.73 Å². The lowest BCUT2D eigenvalue weighted by molar-refractivity contribution is -0.0711. The number of hydrogen-bond donors (Lipinski definition) is 2. The van der Waals surface area contributed by atoms with E-state index in [4.69, 9.17) is 10.8 Å². The predicted molar refractivity (Wildman–Crippen MR) is 54.9 cm³/mol. The highest BCUT2D eigenvalue weighted by Crippen LogP contribution is 2.29. The van der Waals surface area contributed by atoms with E-state index in [1.165, 1.54) is 0 Å². The van der Waals surface area contributed by atoms with Crippen molar-refractivity contribution in [1.29, 1.82) is 0 Å². The first-order chi connectivity index (χ1) is 6.88. The van der Waals surface area contributed by atoms with Crippen LogP contribution < -0.4 is 5.73 Å². The fraction of sp³-hybridized carbons (Fsp3) is 0.455. The van der Waals surface area contributed by atoms with Gasteiger partial charge in [0.15, 0.2) is 0 Å². The van der Waals surface area contributed by atoms with Crippen molar-refractivity contribution in [2.45, 2.75) is 25.8 Å². The monoisotopic (exact) mass is 215 g/mol. The second-order valence-corrected chi connectivity index (χ2v) is 3.74. The molecule has 0 amide bonds. The largest absolute Gasteiger partial charge is 0.390 e. The molecule has 0 saturated heterocycles. The van der Waals surface area contributed by atoms with E-state index in [0.29, 0.717) is 5.56 Å². The fourth-order valence-electron chi connectivity index (χ4n) is 1.30. The van der Waals surface area contributed by atoms with E-state index in [1.54, 1.807) is 18.2 Å². The van der Waals surface area contributed by atoms with Gasteiger partial charge in [0.2, 0.25) is 0 Å². The number of alkyl halides is 2. The summed E-state index contributed by atoms with van der Waals surface area (Å²) in [4.78, 5) is 0. The first-order valence-electron chi connectivity index (χ1n) is 4.70. The van der Waals surface area contributed by atoms with Gasteiger partial charge in [-0.1, -0.05) is 18.2 Å². The summed E-state index contributed by atoms with van der Waals surface area (Å²) in [5.41, 5.74) is 7.68. The van der Waals surface area contributed by atoms with Gasteiger partial charge in [0.1, 0.15) is 6.61 Å². The van der Waals surface area contributed by atoms with E-state index >= 15 is 0 Å². The fourth-order valence-corrected chi connectivity index (χ4v) is 1.30. The number of halogens is 2. The van der Waals surface area contributed by atoms with E-state index in [2.05, 4.69) is 0 Å². The summed E-state index contributed by atoms with van der Waals surface area (Å²) in [7, 11) is 0. The predicted octanol–water partition coefficient (Wildman–Crippen LogP) is 1.93. The SMILES string of the molecule is Cc1ccc([C@H](N)C(F)(F)CO)cc1C. The molecule has 0 aliphatic rings. The first-order valence-corrected chi connectivity index (χ1v) is 4.70. The molecule has 1 rings (SSSR count). The van der Waals surface area contributed by atoms with Crippen molar-refractivity contribution in [3.63, 3.8) is 0 Å². The van der Waals surface area contributed by atoms with Crippen molar-refractivity contribution in [2.75, 3.05) is 6.61 Å². The van der Waals surface area contributed by atoms with Crippen LogP contribution in [0.5, 0.6) is 0 Å². The molecule has 1 atom stereocenters. The summed E-state index contributed by atoms with van der Waals surface area (Å²) in [6.45, 7) is 2.50. The Kier molecular flexibility index (Phi) is 3.42. The van der Waals surface area contributed by atoms with Crippen LogP contribution in [0.1, 0.15) is 22.7 Å². The van der Waals surface area contributed by atoms with Gasteiger partial charge >= 0.3 is 0 Å². The van der Waals surface area contributed by atoms with E-state index < -0.39 is 18.6 Å². The number of rotatable bonds is 3. The number of benzene rings is 1. The van der Waals surface area contributed by atoms with Crippen molar-refractivity contribution in [3.05, 3.63) is 34.9 Å². The van der Waals surface area contributed by atoms with Crippen molar-refractivity contribution in [3.8, 4) is 0 Å². The highest BCUT2D eigenvalue weighted by molar-refractivity contribution is 5.32. The van der Waals surface area contributed by atoms with Crippen molar-refractivity contribution in [1.82, 2.24) is 0 Å². The van der Waals surface area contributed by atoms with Gasteiger partial charge in [-0.05, 0) is 30.5 Å². The minimum atomic E-state index is -3.28. The highest BCUT2D eigenvalue weighted by atomic mass is 19.3. The van der Waals surface area contributed by atoms with Gasteiger partial charge in [-0.2, -0.15) is 0 Å². The third-order valence-electron chi connectivity index (χ3n) is 2.56. The molecule has 0 aliphatic carbocycles. The normalized spacial score (nSPS) is 14.0. The molecule has 15 heavy (non-hydrogen) atoms. The van der Waals surface area contributed by atoms with Crippen LogP contribution in [0.3, 0.4) is 0 Å². The maximum atomic E-state index is 13.1. The lowest BCUT2D eigenvalue weighted by atomic mass is 9.98. The number of aryl methyl sites for hydroxylation is 2. The second kappa shape index (κ2) is 4.24. The Morgan fingerprint density at radius 2 is 1.93 bits per heavy atom. The highest BCUT2D eigenvalue weighted by Gasteiger charge is 2.37. The third kappa shape index (κ3) is 2.52.